The van der Waals surface area contributed by atoms with Crippen molar-refractivity contribution in [1.82, 2.24) is 10.4 Å². The SMILES string of the molecule is CCOc1cc(OCC)c(C=NNC(=O)c2cccnc2Cl)cc1Br. The van der Waals surface area contributed by atoms with E-state index in [1.54, 1.807) is 18.2 Å². The fraction of sp³-hybridized carbons (Fsp3) is 0.235. The largest absolute Gasteiger partial charge is 0.493 e. The van der Waals surface area contributed by atoms with Crippen molar-refractivity contribution in [3.05, 3.63) is 51.2 Å². The number of hydrogen-bond donors (Lipinski definition) is 1. The van der Waals surface area contributed by atoms with Crippen LogP contribution in [0.5, 0.6) is 11.5 Å². The van der Waals surface area contributed by atoms with Crippen LogP contribution < -0.4 is 14.9 Å². The predicted octanol–water partition coefficient (Wildman–Crippen LogP) is 4.06. The molecule has 1 aromatic carbocycles. The van der Waals surface area contributed by atoms with E-state index in [4.69, 9.17) is 21.1 Å². The van der Waals surface area contributed by atoms with E-state index < -0.39 is 5.91 Å². The van der Waals surface area contributed by atoms with Gasteiger partial charge >= 0.3 is 0 Å². The van der Waals surface area contributed by atoms with Crippen LogP contribution in [-0.4, -0.2) is 30.3 Å². The van der Waals surface area contributed by atoms with Gasteiger partial charge in [-0.15, -0.1) is 0 Å². The first kappa shape index (κ1) is 19.2. The van der Waals surface area contributed by atoms with Gasteiger partial charge in [0.25, 0.3) is 5.91 Å². The van der Waals surface area contributed by atoms with Gasteiger partial charge in [0.1, 0.15) is 16.7 Å². The summed E-state index contributed by atoms with van der Waals surface area (Å²) in [4.78, 5) is 15.9. The number of pyridine rings is 1. The van der Waals surface area contributed by atoms with Crippen molar-refractivity contribution < 1.29 is 14.3 Å². The number of ether oxygens (including phenoxy) is 2. The molecule has 6 nitrogen and oxygen atoms in total. The van der Waals surface area contributed by atoms with Crippen LogP contribution in [0.1, 0.15) is 29.8 Å². The summed E-state index contributed by atoms with van der Waals surface area (Å²) in [6.45, 7) is 4.82. The molecule has 1 N–H and O–H groups in total. The summed E-state index contributed by atoms with van der Waals surface area (Å²) in [7, 11) is 0. The van der Waals surface area contributed by atoms with Crippen LogP contribution in [-0.2, 0) is 0 Å². The lowest BCUT2D eigenvalue weighted by Crippen LogP contribution is -2.18. The number of benzene rings is 1. The Morgan fingerprint density at radius 2 is 2.04 bits per heavy atom. The van der Waals surface area contributed by atoms with Crippen LogP contribution >= 0.6 is 27.5 Å². The molecule has 0 atom stereocenters. The molecule has 1 heterocycles. The third-order valence-corrected chi connectivity index (χ3v) is 3.96. The molecule has 0 saturated carbocycles. The second-order valence-corrected chi connectivity index (χ2v) is 5.94. The normalized spacial score (nSPS) is 10.7. The standard InChI is InChI=1S/C17H17BrClN3O3/c1-3-24-14-9-15(25-4-2)13(18)8-11(14)10-21-22-17(23)12-6-5-7-20-16(12)19/h5-10H,3-4H2,1-2H3,(H,22,23). The summed E-state index contributed by atoms with van der Waals surface area (Å²) in [6.07, 6.45) is 3.00. The molecule has 0 aliphatic carbocycles. The molecule has 8 heteroatoms. The average molecular weight is 427 g/mol. The first-order valence-corrected chi connectivity index (χ1v) is 8.77. The van der Waals surface area contributed by atoms with E-state index in [9.17, 15) is 4.79 Å². The zero-order valence-electron chi connectivity index (χ0n) is 13.8. The number of nitrogens with one attached hydrogen (secondary N) is 1. The molecule has 1 aromatic heterocycles. The number of hydrazone groups is 1. The Morgan fingerprint density at radius 3 is 2.72 bits per heavy atom. The predicted molar refractivity (Wildman–Crippen MR) is 101 cm³/mol. The van der Waals surface area contributed by atoms with Crippen molar-refractivity contribution in [2.45, 2.75) is 13.8 Å². The van der Waals surface area contributed by atoms with Crippen LogP contribution in [0.4, 0.5) is 0 Å². The highest BCUT2D eigenvalue weighted by atomic mass is 79.9. The van der Waals surface area contributed by atoms with E-state index >= 15 is 0 Å². The molecule has 0 aliphatic heterocycles. The molecule has 0 saturated heterocycles. The minimum atomic E-state index is -0.447. The highest BCUT2D eigenvalue weighted by Crippen LogP contribution is 2.32. The smallest absolute Gasteiger partial charge is 0.274 e. The van der Waals surface area contributed by atoms with E-state index in [-0.39, 0.29) is 10.7 Å². The van der Waals surface area contributed by atoms with E-state index in [2.05, 4.69) is 31.4 Å². The first-order chi connectivity index (χ1) is 12.1. The minimum Gasteiger partial charge on any atom is -0.493 e. The van der Waals surface area contributed by atoms with E-state index in [1.165, 1.54) is 12.4 Å². The summed E-state index contributed by atoms with van der Waals surface area (Å²) in [5, 5.41) is 4.09. The van der Waals surface area contributed by atoms with Gasteiger partial charge in [-0.3, -0.25) is 4.79 Å². The number of amides is 1. The lowest BCUT2D eigenvalue weighted by molar-refractivity contribution is 0.0955. The van der Waals surface area contributed by atoms with Crippen LogP contribution in [0.15, 0.2) is 40.0 Å². The molecule has 25 heavy (non-hydrogen) atoms. The molecule has 0 aliphatic rings. The Bertz CT molecular complexity index is 784. The van der Waals surface area contributed by atoms with E-state index in [0.29, 0.717) is 30.3 Å². The number of carbonyl (C=O) groups excluding carboxylic acids is 1. The van der Waals surface area contributed by atoms with Gasteiger partial charge in [-0.2, -0.15) is 5.10 Å². The quantitative estimate of drug-likeness (QED) is 0.412. The maximum Gasteiger partial charge on any atom is 0.274 e. The Hall–Kier alpha value is -2.12. The van der Waals surface area contributed by atoms with Crippen LogP contribution in [0, 0.1) is 0 Å². The van der Waals surface area contributed by atoms with Crippen molar-refractivity contribution in [2.24, 2.45) is 5.10 Å². The van der Waals surface area contributed by atoms with E-state index in [0.717, 1.165) is 4.47 Å². The molecular weight excluding hydrogens is 410 g/mol. The summed E-state index contributed by atoms with van der Waals surface area (Å²) in [6, 6.07) is 6.78. The van der Waals surface area contributed by atoms with Gasteiger partial charge in [0.2, 0.25) is 0 Å². The molecule has 2 aromatic rings. The molecule has 0 unspecified atom stereocenters. The number of aromatic nitrogens is 1. The molecule has 0 bridgehead atoms. The van der Waals surface area contributed by atoms with E-state index in [1.807, 2.05) is 19.9 Å². The lowest BCUT2D eigenvalue weighted by Gasteiger charge is -2.12. The summed E-state index contributed by atoms with van der Waals surface area (Å²) >= 11 is 9.33. The maximum atomic E-state index is 12.1. The van der Waals surface area contributed by atoms with Gasteiger partial charge in [0.15, 0.2) is 0 Å². The van der Waals surface area contributed by atoms with Gasteiger partial charge in [-0.1, -0.05) is 11.6 Å². The summed E-state index contributed by atoms with van der Waals surface area (Å²) < 4.78 is 11.9. The molecule has 0 spiro atoms. The second-order valence-electron chi connectivity index (χ2n) is 4.73. The molecular formula is C17H17BrClN3O3. The summed E-state index contributed by atoms with van der Waals surface area (Å²) in [5.74, 6) is 0.832. The molecule has 132 valence electrons. The number of rotatable bonds is 7. The minimum absolute atomic E-state index is 0.119. The van der Waals surface area contributed by atoms with Crippen molar-refractivity contribution in [1.29, 1.82) is 0 Å². The van der Waals surface area contributed by atoms with Crippen molar-refractivity contribution in [2.75, 3.05) is 13.2 Å². The Kier molecular flexibility index (Phi) is 7.21. The summed E-state index contributed by atoms with van der Waals surface area (Å²) in [5.41, 5.74) is 3.36. The van der Waals surface area contributed by atoms with Crippen LogP contribution in [0.2, 0.25) is 5.15 Å². The third kappa shape index (κ3) is 5.17. The van der Waals surface area contributed by atoms with Crippen molar-refractivity contribution in [3.63, 3.8) is 0 Å². The van der Waals surface area contributed by atoms with Gasteiger partial charge < -0.3 is 9.47 Å². The fourth-order valence-corrected chi connectivity index (χ4v) is 2.65. The maximum absolute atomic E-state index is 12.1. The monoisotopic (exact) mass is 425 g/mol. The van der Waals surface area contributed by atoms with Gasteiger partial charge in [-0.05, 0) is 48.0 Å². The van der Waals surface area contributed by atoms with Crippen LogP contribution in [0.25, 0.3) is 0 Å². The lowest BCUT2D eigenvalue weighted by atomic mass is 10.2. The number of hydrogen-bond acceptors (Lipinski definition) is 5. The van der Waals surface area contributed by atoms with Crippen molar-refractivity contribution in [3.8, 4) is 11.5 Å². The Morgan fingerprint density at radius 1 is 1.32 bits per heavy atom. The van der Waals surface area contributed by atoms with Crippen LogP contribution in [0.3, 0.4) is 0 Å². The Labute approximate surface area is 159 Å². The number of nitrogens with zero attached hydrogens (tertiary/aromatic N) is 2. The molecule has 0 radical (unpaired) electrons. The molecule has 2 rings (SSSR count). The first-order valence-electron chi connectivity index (χ1n) is 7.59. The molecule has 1 amide bonds. The average Bonchev–Trinajstić information content (AvgIpc) is 2.59. The van der Waals surface area contributed by atoms with Crippen molar-refractivity contribution >= 4 is 39.7 Å². The highest BCUT2D eigenvalue weighted by Gasteiger charge is 2.11. The van der Waals surface area contributed by atoms with Gasteiger partial charge in [-0.25, -0.2) is 10.4 Å². The molecule has 0 fully saturated rings. The second kappa shape index (κ2) is 9.39. The topological polar surface area (TPSA) is 72.8 Å². The third-order valence-electron chi connectivity index (χ3n) is 3.04. The number of carbonyl (C=O) groups is 1. The number of halogens is 2. The van der Waals surface area contributed by atoms with Gasteiger partial charge in [0.05, 0.1) is 29.5 Å². The fourth-order valence-electron chi connectivity index (χ4n) is 1.97. The Balaban J connectivity index is 2.18. The zero-order chi connectivity index (χ0) is 18.2. The zero-order valence-corrected chi connectivity index (χ0v) is 16.1. The highest BCUT2D eigenvalue weighted by molar-refractivity contribution is 9.10. The van der Waals surface area contributed by atoms with Gasteiger partial charge in [0, 0.05) is 17.8 Å².